The van der Waals surface area contributed by atoms with Crippen LogP contribution in [0.2, 0.25) is 5.15 Å². The molecule has 0 aliphatic heterocycles. The minimum absolute atomic E-state index is 0.0171. The van der Waals surface area contributed by atoms with Gasteiger partial charge in [-0.05, 0) is 23.7 Å². The van der Waals surface area contributed by atoms with Crippen LogP contribution in [0.5, 0.6) is 0 Å². The average Bonchev–Trinajstić information content (AvgIpc) is 2.80. The Balaban J connectivity index is 2.40. The highest BCUT2D eigenvalue weighted by Gasteiger charge is 2.33. The minimum atomic E-state index is -4.60. The van der Waals surface area contributed by atoms with Crippen LogP contribution in [-0.4, -0.2) is 20.4 Å². The number of halogens is 4. The van der Waals surface area contributed by atoms with Crippen molar-refractivity contribution < 1.29 is 18.0 Å². The third kappa shape index (κ3) is 2.49. The lowest BCUT2D eigenvalue weighted by Gasteiger charge is -2.07. The van der Waals surface area contributed by atoms with Crippen molar-refractivity contribution in [2.24, 2.45) is 0 Å². The number of alkyl halides is 3. The van der Waals surface area contributed by atoms with E-state index in [0.717, 1.165) is 17.6 Å². The molecule has 94 valence electrons. The van der Waals surface area contributed by atoms with Crippen molar-refractivity contribution in [3.8, 4) is 0 Å². The first kappa shape index (κ1) is 12.9. The van der Waals surface area contributed by atoms with E-state index in [9.17, 15) is 18.0 Å². The number of hydrogen-bond donors (Lipinski definition) is 0. The maximum absolute atomic E-state index is 12.3. The zero-order valence-corrected chi connectivity index (χ0v) is 9.97. The fraction of sp³-hybridized carbons (Fsp3) is 0.111. The van der Waals surface area contributed by atoms with E-state index in [-0.39, 0.29) is 11.3 Å². The van der Waals surface area contributed by atoms with Gasteiger partial charge in [0, 0.05) is 5.38 Å². The number of pyridine rings is 1. The highest BCUT2D eigenvalue weighted by Crippen LogP contribution is 2.29. The molecule has 0 amide bonds. The Bertz CT molecular complexity index is 585. The summed E-state index contributed by atoms with van der Waals surface area (Å²) < 4.78 is 40.5. The molecule has 0 aliphatic rings. The number of aromatic nitrogens is 3. The lowest BCUT2D eigenvalue weighted by Crippen LogP contribution is -2.11. The van der Waals surface area contributed by atoms with Gasteiger partial charge in [-0.15, -0.1) is 5.10 Å². The molecule has 0 unspecified atom stereocenters. The van der Waals surface area contributed by atoms with Crippen molar-refractivity contribution >= 4 is 28.9 Å². The molecule has 2 rings (SSSR count). The molecule has 2 aromatic rings. The first-order valence-electron chi connectivity index (χ1n) is 4.45. The zero-order chi connectivity index (χ0) is 13.3. The van der Waals surface area contributed by atoms with Crippen LogP contribution in [0.25, 0.3) is 0 Å². The van der Waals surface area contributed by atoms with Gasteiger partial charge in [-0.2, -0.15) is 13.2 Å². The minimum Gasteiger partial charge on any atom is -0.287 e. The smallest absolute Gasteiger partial charge is 0.287 e. The van der Waals surface area contributed by atoms with Gasteiger partial charge in [0.2, 0.25) is 5.78 Å². The molecule has 0 bridgehead atoms. The molecule has 18 heavy (non-hydrogen) atoms. The summed E-state index contributed by atoms with van der Waals surface area (Å²) in [7, 11) is 0. The molecule has 0 aromatic carbocycles. The van der Waals surface area contributed by atoms with Crippen LogP contribution in [-0.2, 0) is 6.18 Å². The highest BCUT2D eigenvalue weighted by atomic mass is 35.5. The third-order valence-electron chi connectivity index (χ3n) is 1.98. The molecule has 0 N–H and O–H groups in total. The van der Waals surface area contributed by atoms with E-state index < -0.39 is 22.8 Å². The van der Waals surface area contributed by atoms with Crippen LogP contribution in [0.3, 0.4) is 0 Å². The Labute approximate surface area is 108 Å². The Hall–Kier alpha value is -1.54. The van der Waals surface area contributed by atoms with E-state index in [4.69, 9.17) is 11.6 Å². The zero-order valence-electron chi connectivity index (χ0n) is 8.40. The number of carbonyl (C=O) groups excluding carboxylic acids is 1. The fourth-order valence-electron chi connectivity index (χ4n) is 1.16. The van der Waals surface area contributed by atoms with Crippen LogP contribution >= 0.6 is 23.1 Å². The molecule has 0 atom stereocenters. The SMILES string of the molecule is O=C(c1csnn1)c1ccc(C(F)(F)F)nc1Cl. The maximum atomic E-state index is 12.3. The quantitative estimate of drug-likeness (QED) is 0.631. The number of ketones is 1. The molecular weight excluding hydrogens is 291 g/mol. The van der Waals surface area contributed by atoms with Crippen LogP contribution in [0.4, 0.5) is 13.2 Å². The van der Waals surface area contributed by atoms with Gasteiger partial charge in [0.1, 0.15) is 16.5 Å². The van der Waals surface area contributed by atoms with E-state index >= 15 is 0 Å². The van der Waals surface area contributed by atoms with Crippen molar-refractivity contribution in [2.75, 3.05) is 0 Å². The summed E-state index contributed by atoms with van der Waals surface area (Å²) in [5, 5.41) is 4.38. The molecule has 2 aromatic heterocycles. The van der Waals surface area contributed by atoms with Gasteiger partial charge in [-0.25, -0.2) is 4.98 Å². The Morgan fingerprint density at radius 3 is 2.56 bits per heavy atom. The lowest BCUT2D eigenvalue weighted by molar-refractivity contribution is -0.141. The standard InChI is InChI=1S/C9H3ClF3N3OS/c10-8-4(7(17)5-3-18-16-15-5)1-2-6(14-8)9(11,12)13/h1-3H. The van der Waals surface area contributed by atoms with Crippen molar-refractivity contribution in [3.05, 3.63) is 39.6 Å². The van der Waals surface area contributed by atoms with Gasteiger partial charge in [0.15, 0.2) is 0 Å². The van der Waals surface area contributed by atoms with Crippen molar-refractivity contribution in [1.82, 2.24) is 14.6 Å². The van der Waals surface area contributed by atoms with Gasteiger partial charge in [-0.3, -0.25) is 4.79 Å². The fourth-order valence-corrected chi connectivity index (χ4v) is 1.84. The van der Waals surface area contributed by atoms with Gasteiger partial charge in [0.05, 0.1) is 5.56 Å². The third-order valence-corrected chi connectivity index (χ3v) is 2.77. The summed E-state index contributed by atoms with van der Waals surface area (Å²) in [6.07, 6.45) is -4.60. The van der Waals surface area contributed by atoms with E-state index in [1.54, 1.807) is 0 Å². The summed E-state index contributed by atoms with van der Waals surface area (Å²) in [4.78, 5) is 14.9. The van der Waals surface area contributed by atoms with Gasteiger partial charge < -0.3 is 0 Å². The summed E-state index contributed by atoms with van der Waals surface area (Å²) in [5.41, 5.74) is -1.28. The Kier molecular flexibility index (Phi) is 3.31. The van der Waals surface area contributed by atoms with Crippen molar-refractivity contribution in [1.29, 1.82) is 0 Å². The van der Waals surface area contributed by atoms with Crippen LogP contribution < -0.4 is 0 Å². The summed E-state index contributed by atoms with van der Waals surface area (Å²) in [6, 6.07) is 1.67. The van der Waals surface area contributed by atoms with Crippen LogP contribution in [0.15, 0.2) is 17.5 Å². The molecule has 9 heteroatoms. The Morgan fingerprint density at radius 2 is 2.06 bits per heavy atom. The molecule has 0 fully saturated rings. The largest absolute Gasteiger partial charge is 0.433 e. The predicted octanol–water partition coefficient (Wildman–Crippen LogP) is 2.84. The molecule has 4 nitrogen and oxygen atoms in total. The summed E-state index contributed by atoms with van der Waals surface area (Å²) in [5.74, 6) is -0.616. The topological polar surface area (TPSA) is 55.7 Å². The molecule has 0 radical (unpaired) electrons. The monoisotopic (exact) mass is 293 g/mol. The summed E-state index contributed by atoms with van der Waals surface area (Å²) in [6.45, 7) is 0. The maximum Gasteiger partial charge on any atom is 0.433 e. The van der Waals surface area contributed by atoms with E-state index in [0.29, 0.717) is 6.07 Å². The second-order valence-corrected chi connectivity index (χ2v) is 4.12. The molecule has 0 aliphatic carbocycles. The second kappa shape index (κ2) is 4.62. The first-order valence-corrected chi connectivity index (χ1v) is 5.66. The second-order valence-electron chi connectivity index (χ2n) is 3.15. The van der Waals surface area contributed by atoms with Gasteiger partial charge in [0.25, 0.3) is 0 Å². The number of nitrogens with zero attached hydrogens (tertiary/aromatic N) is 3. The van der Waals surface area contributed by atoms with Crippen LogP contribution in [0.1, 0.15) is 21.7 Å². The van der Waals surface area contributed by atoms with E-state index in [2.05, 4.69) is 14.6 Å². The molecule has 0 saturated heterocycles. The molecule has 0 spiro atoms. The number of hydrogen-bond acceptors (Lipinski definition) is 5. The van der Waals surface area contributed by atoms with E-state index in [1.807, 2.05) is 0 Å². The highest BCUT2D eigenvalue weighted by molar-refractivity contribution is 7.03. The molecular formula is C9H3ClF3N3OS. The van der Waals surface area contributed by atoms with Crippen molar-refractivity contribution in [2.45, 2.75) is 6.18 Å². The lowest BCUT2D eigenvalue weighted by atomic mass is 10.1. The summed E-state index contributed by atoms with van der Waals surface area (Å²) >= 11 is 6.52. The first-order chi connectivity index (χ1) is 8.39. The average molecular weight is 294 g/mol. The Morgan fingerprint density at radius 1 is 1.33 bits per heavy atom. The normalized spacial score (nSPS) is 11.6. The molecule has 2 heterocycles. The van der Waals surface area contributed by atoms with Gasteiger partial charge in [-0.1, -0.05) is 16.1 Å². The predicted molar refractivity (Wildman–Crippen MR) is 57.6 cm³/mol. The van der Waals surface area contributed by atoms with Crippen LogP contribution in [0, 0.1) is 0 Å². The number of rotatable bonds is 2. The number of carbonyl (C=O) groups is 1. The van der Waals surface area contributed by atoms with Crippen molar-refractivity contribution in [3.63, 3.8) is 0 Å². The van der Waals surface area contributed by atoms with E-state index in [1.165, 1.54) is 5.38 Å². The van der Waals surface area contributed by atoms with Gasteiger partial charge >= 0.3 is 6.18 Å². The molecule has 0 saturated carbocycles.